The minimum Gasteiger partial charge on any atom is -0.411 e. The van der Waals surface area contributed by atoms with Crippen molar-refractivity contribution in [2.75, 3.05) is 6.61 Å². The Labute approximate surface area is 69.6 Å². The largest absolute Gasteiger partial charge is 0.488 e. The number of hydrogen-bond donors (Lipinski definition) is 0. The molecule has 2 unspecified atom stereocenters. The fourth-order valence-corrected chi connectivity index (χ4v) is 1.48. The second-order valence-corrected chi connectivity index (χ2v) is 3.71. The fourth-order valence-electron chi connectivity index (χ4n) is 1.48. The smallest absolute Gasteiger partial charge is 0.411 e. The van der Waals surface area contributed by atoms with Gasteiger partial charge in [-0.15, -0.1) is 0 Å². The van der Waals surface area contributed by atoms with Crippen molar-refractivity contribution in [3.05, 3.63) is 0 Å². The third-order valence-corrected chi connectivity index (χ3v) is 2.04. The molecule has 0 aromatic carbocycles. The first-order valence-electron chi connectivity index (χ1n) is 4.29. The van der Waals surface area contributed by atoms with E-state index in [4.69, 9.17) is 9.31 Å². The Morgan fingerprint density at radius 1 is 1.45 bits per heavy atom. The van der Waals surface area contributed by atoms with Gasteiger partial charge >= 0.3 is 7.69 Å². The summed E-state index contributed by atoms with van der Waals surface area (Å²) in [5.74, 6) is 1.35. The van der Waals surface area contributed by atoms with Gasteiger partial charge in [-0.25, -0.2) is 0 Å². The first-order chi connectivity index (χ1) is 5.20. The molecule has 0 N–H and O–H groups in total. The van der Waals surface area contributed by atoms with Crippen LogP contribution in [0.15, 0.2) is 0 Å². The van der Waals surface area contributed by atoms with Gasteiger partial charge in [-0.3, -0.25) is 0 Å². The molecule has 63 valence electrons. The predicted octanol–water partition coefficient (Wildman–Crippen LogP) is 1.62. The normalized spacial score (nSPS) is 27.1. The average Bonchev–Trinajstić information content (AvgIpc) is 2.35. The van der Waals surface area contributed by atoms with Gasteiger partial charge in [0.1, 0.15) is 0 Å². The van der Waals surface area contributed by atoms with Crippen molar-refractivity contribution in [2.45, 2.75) is 33.3 Å². The second kappa shape index (κ2) is 4.12. The lowest BCUT2D eigenvalue weighted by Crippen LogP contribution is -2.21. The molecule has 11 heavy (non-hydrogen) atoms. The van der Waals surface area contributed by atoms with Crippen molar-refractivity contribution in [1.29, 1.82) is 0 Å². The Hall–Kier alpha value is -0.0151. The van der Waals surface area contributed by atoms with Gasteiger partial charge in [0.15, 0.2) is 0 Å². The zero-order valence-corrected chi connectivity index (χ0v) is 7.54. The molecule has 1 heterocycles. The van der Waals surface area contributed by atoms with Gasteiger partial charge in [0.25, 0.3) is 0 Å². The third-order valence-electron chi connectivity index (χ3n) is 2.04. The summed E-state index contributed by atoms with van der Waals surface area (Å²) in [5, 5.41) is 0. The van der Waals surface area contributed by atoms with Crippen LogP contribution < -0.4 is 0 Å². The molecule has 0 aliphatic carbocycles. The minimum atomic E-state index is 0.289. The minimum absolute atomic E-state index is 0.289. The van der Waals surface area contributed by atoms with Crippen molar-refractivity contribution in [2.24, 2.45) is 11.8 Å². The molecule has 1 saturated heterocycles. The van der Waals surface area contributed by atoms with Gasteiger partial charge < -0.3 is 9.31 Å². The van der Waals surface area contributed by atoms with Crippen LogP contribution in [0.2, 0.25) is 0 Å². The number of hydrogen-bond acceptors (Lipinski definition) is 2. The first-order valence-corrected chi connectivity index (χ1v) is 4.29. The summed E-state index contributed by atoms with van der Waals surface area (Å²) >= 11 is 0. The van der Waals surface area contributed by atoms with Crippen molar-refractivity contribution < 1.29 is 9.31 Å². The maximum absolute atomic E-state index is 5.27. The van der Waals surface area contributed by atoms with Crippen LogP contribution >= 0.6 is 0 Å². The Balaban J connectivity index is 2.22. The van der Waals surface area contributed by atoms with Gasteiger partial charge in [0, 0.05) is 0 Å². The lowest BCUT2D eigenvalue weighted by molar-refractivity contribution is 0.153. The molecular weight excluding hydrogens is 139 g/mol. The van der Waals surface area contributed by atoms with E-state index in [1.165, 1.54) is 14.1 Å². The summed E-state index contributed by atoms with van der Waals surface area (Å²) in [6, 6.07) is 0. The van der Waals surface area contributed by atoms with Crippen LogP contribution in [0.4, 0.5) is 0 Å². The summed E-state index contributed by atoms with van der Waals surface area (Å²) in [7, 11) is 1.46. The Morgan fingerprint density at radius 2 is 2.18 bits per heavy atom. The molecular formula is C8H16BO2. The Kier molecular flexibility index (Phi) is 3.40. The monoisotopic (exact) mass is 155 g/mol. The van der Waals surface area contributed by atoms with Crippen LogP contribution in [0, 0.1) is 11.8 Å². The van der Waals surface area contributed by atoms with Crippen molar-refractivity contribution in [3.63, 3.8) is 0 Å². The van der Waals surface area contributed by atoms with E-state index in [2.05, 4.69) is 20.8 Å². The molecule has 0 aromatic rings. The van der Waals surface area contributed by atoms with E-state index < -0.39 is 0 Å². The van der Waals surface area contributed by atoms with Crippen LogP contribution in [0.1, 0.15) is 27.2 Å². The van der Waals surface area contributed by atoms with Crippen LogP contribution in [-0.2, 0) is 9.31 Å². The van der Waals surface area contributed by atoms with E-state index in [1.54, 1.807) is 0 Å². The SMILES string of the molecule is CC(C)CC(C)C1CO[B]O1. The third kappa shape index (κ3) is 2.84. The van der Waals surface area contributed by atoms with Gasteiger partial charge in [-0.05, 0) is 18.3 Å². The lowest BCUT2D eigenvalue weighted by Gasteiger charge is -2.19. The van der Waals surface area contributed by atoms with Crippen molar-refractivity contribution in [1.82, 2.24) is 0 Å². The average molecular weight is 155 g/mol. The molecule has 0 saturated carbocycles. The van der Waals surface area contributed by atoms with Crippen LogP contribution in [0.5, 0.6) is 0 Å². The van der Waals surface area contributed by atoms with E-state index in [9.17, 15) is 0 Å². The summed E-state index contributed by atoms with van der Waals surface area (Å²) in [6.45, 7) is 7.41. The topological polar surface area (TPSA) is 18.5 Å². The maximum atomic E-state index is 5.27. The van der Waals surface area contributed by atoms with Crippen LogP contribution in [0.3, 0.4) is 0 Å². The number of rotatable bonds is 3. The highest BCUT2D eigenvalue weighted by atomic mass is 16.6. The highest BCUT2D eigenvalue weighted by molar-refractivity contribution is 6.18. The van der Waals surface area contributed by atoms with E-state index >= 15 is 0 Å². The van der Waals surface area contributed by atoms with Crippen LogP contribution in [-0.4, -0.2) is 20.4 Å². The van der Waals surface area contributed by atoms with Gasteiger partial charge in [0.05, 0.1) is 12.7 Å². The highest BCUT2D eigenvalue weighted by Crippen LogP contribution is 2.19. The Morgan fingerprint density at radius 3 is 2.64 bits per heavy atom. The highest BCUT2D eigenvalue weighted by Gasteiger charge is 2.24. The van der Waals surface area contributed by atoms with Crippen LogP contribution in [0.25, 0.3) is 0 Å². The molecule has 2 nitrogen and oxygen atoms in total. The molecule has 1 radical (unpaired) electrons. The second-order valence-electron chi connectivity index (χ2n) is 3.71. The summed E-state index contributed by atoms with van der Waals surface area (Å²) in [5.41, 5.74) is 0. The molecule has 0 amide bonds. The molecule has 1 fully saturated rings. The quantitative estimate of drug-likeness (QED) is 0.576. The molecule has 0 bridgehead atoms. The molecule has 1 aliphatic rings. The standard InChI is InChI=1S/C8H16BO2/c1-6(2)4-7(3)8-5-10-9-11-8/h6-8H,4-5H2,1-3H3. The van der Waals surface area contributed by atoms with Gasteiger partial charge in [0.2, 0.25) is 0 Å². The fraction of sp³-hybridized carbons (Fsp3) is 1.00. The molecule has 0 aromatic heterocycles. The van der Waals surface area contributed by atoms with E-state index in [1.807, 2.05) is 0 Å². The summed E-state index contributed by atoms with van der Waals surface area (Å²) in [6.07, 6.45) is 1.50. The maximum Gasteiger partial charge on any atom is 0.488 e. The van der Waals surface area contributed by atoms with E-state index in [0.29, 0.717) is 5.92 Å². The molecule has 1 rings (SSSR count). The molecule has 3 heteroatoms. The molecule has 1 aliphatic heterocycles. The van der Waals surface area contributed by atoms with Gasteiger partial charge in [-0.2, -0.15) is 0 Å². The van der Waals surface area contributed by atoms with Crippen molar-refractivity contribution >= 4 is 7.69 Å². The Bertz CT molecular complexity index is 111. The van der Waals surface area contributed by atoms with Gasteiger partial charge in [-0.1, -0.05) is 20.8 Å². The molecule has 2 atom stereocenters. The molecule has 0 spiro atoms. The zero-order valence-electron chi connectivity index (χ0n) is 7.54. The van der Waals surface area contributed by atoms with E-state index in [-0.39, 0.29) is 6.10 Å². The first kappa shape index (κ1) is 9.08. The predicted molar refractivity (Wildman–Crippen MR) is 45.2 cm³/mol. The summed E-state index contributed by atoms with van der Waals surface area (Å²) < 4.78 is 10.3. The van der Waals surface area contributed by atoms with E-state index in [0.717, 1.165) is 12.5 Å². The lowest BCUT2D eigenvalue weighted by atomic mass is 9.94. The zero-order chi connectivity index (χ0) is 8.27. The summed E-state index contributed by atoms with van der Waals surface area (Å²) in [4.78, 5) is 0. The van der Waals surface area contributed by atoms with Crippen molar-refractivity contribution in [3.8, 4) is 0 Å².